The Kier molecular flexibility index (Phi) is 5.34. The van der Waals surface area contributed by atoms with E-state index in [1.165, 1.54) is 16.5 Å². The Morgan fingerprint density at radius 1 is 1.12 bits per heavy atom. The number of carbonyl (C=O) groups excluding carboxylic acids is 1. The Morgan fingerprint density at radius 3 is 2.82 bits per heavy atom. The van der Waals surface area contributed by atoms with Crippen LogP contribution in [0, 0.1) is 0 Å². The number of ether oxygens (including phenoxy) is 2. The van der Waals surface area contributed by atoms with Gasteiger partial charge in [0.05, 0.1) is 19.2 Å². The number of carbonyl (C=O) groups is 1. The Morgan fingerprint density at radius 2 is 1.97 bits per heavy atom. The monoisotopic (exact) mass is 456 g/mol. The summed E-state index contributed by atoms with van der Waals surface area (Å²) in [4.78, 5) is 25.1. The van der Waals surface area contributed by atoms with Gasteiger partial charge in [0.25, 0.3) is 0 Å². The number of para-hydroxylation sites is 1. The molecule has 1 unspecified atom stereocenters. The summed E-state index contributed by atoms with van der Waals surface area (Å²) in [6, 6.07) is 16.4. The van der Waals surface area contributed by atoms with E-state index in [9.17, 15) is 4.79 Å². The van der Waals surface area contributed by atoms with Crippen LogP contribution in [0.5, 0.6) is 5.75 Å². The van der Waals surface area contributed by atoms with Crippen LogP contribution in [0.2, 0.25) is 0 Å². The Bertz CT molecular complexity index is 1340. The van der Waals surface area contributed by atoms with Crippen molar-refractivity contribution >= 4 is 27.9 Å². The number of fused-ring (bicyclic) bond motifs is 2. The van der Waals surface area contributed by atoms with Gasteiger partial charge in [-0.1, -0.05) is 18.2 Å². The van der Waals surface area contributed by atoms with Crippen LogP contribution < -0.4 is 4.74 Å². The number of benzene rings is 2. The van der Waals surface area contributed by atoms with Gasteiger partial charge < -0.3 is 19.4 Å². The molecule has 6 rings (SSSR count). The van der Waals surface area contributed by atoms with E-state index in [4.69, 9.17) is 9.47 Å². The minimum Gasteiger partial charge on any atom is -0.497 e. The number of nitrogens with zero attached hydrogens (tertiary/aromatic N) is 3. The van der Waals surface area contributed by atoms with Crippen molar-refractivity contribution in [2.24, 2.45) is 0 Å². The van der Waals surface area contributed by atoms with Crippen molar-refractivity contribution in [1.82, 2.24) is 19.8 Å². The van der Waals surface area contributed by atoms with Crippen LogP contribution in [0.1, 0.15) is 30.1 Å². The lowest BCUT2D eigenvalue weighted by molar-refractivity contribution is 0.110. The molecule has 34 heavy (non-hydrogen) atoms. The molecule has 2 fully saturated rings. The number of H-pyrrole nitrogens is 1. The fraction of sp³-hybridized carbons (Fsp3) is 0.333. The SMILES string of the molecule is COc1ccc2nccc(C3CN(C4CCN(Cc5c[nH]c6ccccc56)CC4)C(=O)O3)c2c1. The number of rotatable bonds is 5. The summed E-state index contributed by atoms with van der Waals surface area (Å²) in [6.45, 7) is 3.43. The highest BCUT2D eigenvalue weighted by Crippen LogP contribution is 2.35. The molecule has 1 atom stereocenters. The number of pyridine rings is 1. The molecule has 0 aliphatic carbocycles. The van der Waals surface area contributed by atoms with Gasteiger partial charge in [-0.2, -0.15) is 0 Å². The van der Waals surface area contributed by atoms with Gasteiger partial charge in [-0.25, -0.2) is 4.79 Å². The van der Waals surface area contributed by atoms with Crippen LogP contribution in [0.15, 0.2) is 60.9 Å². The van der Waals surface area contributed by atoms with Gasteiger partial charge in [0, 0.05) is 59.9 Å². The number of nitrogens with one attached hydrogen (secondary N) is 1. The van der Waals surface area contributed by atoms with Gasteiger partial charge in [0.1, 0.15) is 11.9 Å². The van der Waals surface area contributed by atoms with Crippen LogP contribution >= 0.6 is 0 Å². The molecule has 1 amide bonds. The lowest BCUT2D eigenvalue weighted by atomic mass is 10.0. The molecule has 7 heteroatoms. The number of aromatic amines is 1. The molecule has 2 aromatic carbocycles. The van der Waals surface area contributed by atoms with Gasteiger partial charge in [0.15, 0.2) is 0 Å². The van der Waals surface area contributed by atoms with Crippen molar-refractivity contribution < 1.29 is 14.3 Å². The first-order valence-corrected chi connectivity index (χ1v) is 11.9. The third-order valence-electron chi connectivity index (χ3n) is 7.24. The van der Waals surface area contributed by atoms with E-state index < -0.39 is 0 Å². The van der Waals surface area contributed by atoms with Crippen LogP contribution in [0.3, 0.4) is 0 Å². The molecule has 174 valence electrons. The third kappa shape index (κ3) is 3.76. The van der Waals surface area contributed by atoms with Gasteiger partial charge in [-0.05, 0) is 48.7 Å². The number of amides is 1. The highest BCUT2D eigenvalue weighted by atomic mass is 16.6. The maximum absolute atomic E-state index is 12.8. The number of methoxy groups -OCH3 is 1. The molecule has 1 N–H and O–H groups in total. The first kappa shape index (κ1) is 21.0. The predicted molar refractivity (Wildman–Crippen MR) is 131 cm³/mol. The summed E-state index contributed by atoms with van der Waals surface area (Å²) in [6.07, 6.45) is 5.30. The van der Waals surface area contributed by atoms with Crippen molar-refractivity contribution in [3.63, 3.8) is 0 Å². The molecule has 0 radical (unpaired) electrons. The van der Waals surface area contributed by atoms with E-state index in [0.29, 0.717) is 6.54 Å². The van der Waals surface area contributed by atoms with Crippen LogP contribution in [-0.4, -0.2) is 58.6 Å². The molecule has 2 aliphatic heterocycles. The maximum atomic E-state index is 12.8. The first-order valence-electron chi connectivity index (χ1n) is 11.9. The lowest BCUT2D eigenvalue weighted by Gasteiger charge is -2.35. The third-order valence-corrected chi connectivity index (χ3v) is 7.24. The Hall–Kier alpha value is -3.58. The number of hydrogen-bond donors (Lipinski definition) is 1. The van der Waals surface area contributed by atoms with E-state index in [2.05, 4.69) is 45.3 Å². The molecule has 0 bridgehead atoms. The average molecular weight is 457 g/mol. The molecule has 2 aliphatic rings. The molecular weight excluding hydrogens is 428 g/mol. The zero-order valence-corrected chi connectivity index (χ0v) is 19.2. The standard InChI is InChI=1S/C27H28N4O3/c1-33-20-6-7-25-23(14-20)22(8-11-28-25)26-17-31(27(32)34-26)19-9-12-30(13-10-19)16-18-15-29-24-5-3-2-4-21(18)24/h2-8,11,14-15,19,26,29H,9-10,12-13,16-17H2,1H3. The highest BCUT2D eigenvalue weighted by Gasteiger charge is 2.38. The van der Waals surface area contributed by atoms with E-state index in [0.717, 1.165) is 54.7 Å². The number of piperidine rings is 1. The zero-order chi connectivity index (χ0) is 23.1. The van der Waals surface area contributed by atoms with Crippen LogP contribution in [-0.2, 0) is 11.3 Å². The van der Waals surface area contributed by atoms with Crippen molar-refractivity contribution in [2.45, 2.75) is 31.5 Å². The summed E-state index contributed by atoms with van der Waals surface area (Å²) in [5.41, 5.74) is 4.36. The Labute approximate surface area is 198 Å². The van der Waals surface area contributed by atoms with Crippen LogP contribution in [0.4, 0.5) is 4.79 Å². The van der Waals surface area contributed by atoms with Gasteiger partial charge >= 0.3 is 6.09 Å². The smallest absolute Gasteiger partial charge is 0.410 e. The van der Waals surface area contributed by atoms with E-state index in [-0.39, 0.29) is 18.2 Å². The normalized spacial score (nSPS) is 19.7. The van der Waals surface area contributed by atoms with Crippen molar-refractivity contribution in [2.75, 3.05) is 26.7 Å². The fourth-order valence-electron chi connectivity index (χ4n) is 5.39. The predicted octanol–water partition coefficient (Wildman–Crippen LogP) is 4.88. The number of cyclic esters (lactones) is 1. The fourth-order valence-corrected chi connectivity index (χ4v) is 5.39. The van der Waals surface area contributed by atoms with Gasteiger partial charge in [-0.3, -0.25) is 9.88 Å². The zero-order valence-electron chi connectivity index (χ0n) is 19.2. The van der Waals surface area contributed by atoms with Crippen molar-refractivity contribution in [1.29, 1.82) is 0 Å². The topological polar surface area (TPSA) is 70.7 Å². The molecular formula is C27H28N4O3. The largest absolute Gasteiger partial charge is 0.497 e. The summed E-state index contributed by atoms with van der Waals surface area (Å²) >= 11 is 0. The van der Waals surface area contributed by atoms with E-state index >= 15 is 0 Å². The molecule has 0 saturated carbocycles. The molecule has 4 heterocycles. The number of likely N-dealkylation sites (tertiary alicyclic amines) is 1. The minimum absolute atomic E-state index is 0.208. The van der Waals surface area contributed by atoms with Crippen LogP contribution in [0.25, 0.3) is 21.8 Å². The summed E-state index contributed by atoms with van der Waals surface area (Å²) in [7, 11) is 1.65. The second-order valence-corrected chi connectivity index (χ2v) is 9.17. The van der Waals surface area contributed by atoms with Crippen molar-refractivity contribution in [3.8, 4) is 5.75 Å². The molecule has 7 nitrogen and oxygen atoms in total. The second kappa shape index (κ2) is 8.65. The minimum atomic E-state index is -0.297. The van der Waals surface area contributed by atoms with E-state index in [1.54, 1.807) is 13.3 Å². The summed E-state index contributed by atoms with van der Waals surface area (Å²) in [5, 5.41) is 2.26. The summed E-state index contributed by atoms with van der Waals surface area (Å²) in [5.74, 6) is 0.769. The number of hydrogen-bond acceptors (Lipinski definition) is 5. The van der Waals surface area contributed by atoms with E-state index in [1.807, 2.05) is 29.2 Å². The molecule has 0 spiro atoms. The highest BCUT2D eigenvalue weighted by molar-refractivity contribution is 5.85. The molecule has 2 saturated heterocycles. The van der Waals surface area contributed by atoms with Crippen molar-refractivity contribution in [3.05, 3.63) is 72.1 Å². The maximum Gasteiger partial charge on any atom is 0.410 e. The van der Waals surface area contributed by atoms with Gasteiger partial charge in [0.2, 0.25) is 0 Å². The quantitative estimate of drug-likeness (QED) is 0.463. The molecule has 2 aromatic heterocycles. The first-order chi connectivity index (χ1) is 16.7. The summed E-state index contributed by atoms with van der Waals surface area (Å²) < 4.78 is 11.3. The number of aromatic nitrogens is 2. The second-order valence-electron chi connectivity index (χ2n) is 9.17. The lowest BCUT2D eigenvalue weighted by Crippen LogP contribution is -2.45. The Balaban J connectivity index is 1.13. The van der Waals surface area contributed by atoms with Gasteiger partial charge in [-0.15, -0.1) is 0 Å². The average Bonchev–Trinajstić information content (AvgIpc) is 3.47. The molecule has 4 aromatic rings.